The number of amides is 1. The number of ether oxygens (including phenoxy) is 5. The van der Waals surface area contributed by atoms with Crippen LogP contribution in [0.3, 0.4) is 0 Å². The molecule has 0 fully saturated rings. The predicted octanol–water partition coefficient (Wildman–Crippen LogP) is 14.7. The maximum absolute atomic E-state index is 14.5. The number of esters is 1. The molecule has 0 N–H and O–H groups in total. The lowest BCUT2D eigenvalue weighted by atomic mass is 9.94. The summed E-state index contributed by atoms with van der Waals surface area (Å²) in [6, 6.07) is 24.6. The molecule has 7 rings (SSSR count). The van der Waals surface area contributed by atoms with E-state index < -0.39 is 62.5 Å². The summed E-state index contributed by atoms with van der Waals surface area (Å²) >= 11 is 8.62. The summed E-state index contributed by atoms with van der Waals surface area (Å²) in [5.41, 5.74) is 4.60. The lowest BCUT2D eigenvalue weighted by Gasteiger charge is -2.36. The van der Waals surface area contributed by atoms with Crippen LogP contribution in [0.25, 0.3) is 43.2 Å². The Labute approximate surface area is 486 Å². The first kappa shape index (κ1) is 62.3. The molecule has 0 saturated heterocycles. The van der Waals surface area contributed by atoms with Crippen molar-refractivity contribution in [3.8, 4) is 50.3 Å². The molecule has 7 aromatic rings. The third-order valence-electron chi connectivity index (χ3n) is 13.8. The van der Waals surface area contributed by atoms with Gasteiger partial charge in [-0.3, -0.25) is 0 Å². The molecule has 0 bridgehead atoms. The number of nitrogens with zero attached hydrogens (tertiary/aromatic N) is 5. The highest BCUT2D eigenvalue weighted by atomic mass is 35.5. The lowest BCUT2D eigenvalue weighted by molar-refractivity contribution is -0.151. The fourth-order valence-electron chi connectivity index (χ4n) is 8.32. The minimum Gasteiger partial charge on any atom is -0.496 e. The highest BCUT2D eigenvalue weighted by Gasteiger charge is 2.38. The number of thiophene rings is 1. The first-order chi connectivity index (χ1) is 38.0. The van der Waals surface area contributed by atoms with Crippen LogP contribution in [-0.2, 0) is 54.9 Å². The van der Waals surface area contributed by atoms with Crippen LogP contribution in [-0.4, -0.2) is 92.3 Å². The van der Waals surface area contributed by atoms with Crippen molar-refractivity contribution in [3.63, 3.8) is 0 Å². The molecule has 3 heterocycles. The zero-order valence-corrected chi connectivity index (χ0v) is 53.0. The van der Waals surface area contributed by atoms with Crippen LogP contribution in [0, 0.1) is 12.7 Å². The number of carbonyl (C=O) groups is 2. The van der Waals surface area contributed by atoms with Crippen LogP contribution in [0.15, 0.2) is 97.5 Å². The molecule has 1 amide bonds. The summed E-state index contributed by atoms with van der Waals surface area (Å²) in [5.74, 6) is -0.0563. The molecule has 0 aliphatic carbocycles. The van der Waals surface area contributed by atoms with E-state index in [0.29, 0.717) is 78.7 Å². The molecule has 3 aromatic heterocycles. The fraction of sp³-hybridized carbons (Fsp3) is 0.400. The van der Waals surface area contributed by atoms with Gasteiger partial charge < -0.3 is 28.1 Å². The van der Waals surface area contributed by atoms with Gasteiger partial charge in [-0.1, -0.05) is 101 Å². The minimum atomic E-state index is -4.21. The van der Waals surface area contributed by atoms with Gasteiger partial charge in [0, 0.05) is 36.2 Å². The van der Waals surface area contributed by atoms with Crippen LogP contribution in [0.2, 0.25) is 48.8 Å². The van der Waals surface area contributed by atoms with E-state index in [4.69, 9.17) is 49.7 Å². The zero-order valence-electron chi connectivity index (χ0n) is 48.7. The van der Waals surface area contributed by atoms with E-state index in [1.54, 1.807) is 77.4 Å². The van der Waals surface area contributed by atoms with Crippen molar-refractivity contribution in [2.75, 3.05) is 19.5 Å². The molecule has 0 spiro atoms. The molecule has 1 atom stereocenters. The van der Waals surface area contributed by atoms with E-state index in [1.807, 2.05) is 43.3 Å². The summed E-state index contributed by atoms with van der Waals surface area (Å²) in [7, 11) is -6.69. The topological polar surface area (TPSA) is 178 Å². The van der Waals surface area contributed by atoms with Crippen molar-refractivity contribution in [1.29, 1.82) is 0 Å². The number of hydrogen-bond acceptors (Lipinski definition) is 15. The van der Waals surface area contributed by atoms with Crippen molar-refractivity contribution in [1.82, 2.24) is 24.2 Å². The Morgan fingerprint density at radius 1 is 0.852 bits per heavy atom. The van der Waals surface area contributed by atoms with Crippen molar-refractivity contribution >= 4 is 71.6 Å². The molecule has 0 radical (unpaired) electrons. The molecular weight excluding hydrogens is 1130 g/mol. The van der Waals surface area contributed by atoms with Gasteiger partial charge in [-0.15, -0.1) is 11.3 Å². The van der Waals surface area contributed by atoms with E-state index in [-0.39, 0.29) is 36.3 Å². The number of rotatable bonds is 22. The van der Waals surface area contributed by atoms with Crippen LogP contribution in [0.4, 0.5) is 9.18 Å². The Balaban J connectivity index is 1.35. The summed E-state index contributed by atoms with van der Waals surface area (Å²) in [5, 5.41) is 0.957. The van der Waals surface area contributed by atoms with E-state index in [9.17, 15) is 22.4 Å². The monoisotopic (exact) mass is 1200 g/mol. The summed E-state index contributed by atoms with van der Waals surface area (Å²) in [4.78, 5) is 48.3. The number of halogens is 2. The number of sulfonamides is 1. The van der Waals surface area contributed by atoms with Gasteiger partial charge in [-0.25, -0.2) is 42.3 Å². The van der Waals surface area contributed by atoms with Gasteiger partial charge in [-0.05, 0) is 129 Å². The zero-order chi connectivity index (χ0) is 59.2. The molecule has 81 heavy (non-hydrogen) atoms. The maximum Gasteiger partial charge on any atom is 0.424 e. The molecule has 4 aromatic carbocycles. The SMILES string of the molecule is CCOC(=O)[C@@H](Cc1cc(CN(C(=O)OC(C)(C)C)S(=O)(=O)CC[Si](C)(C)C)ccc1OCc1ccnc(-c2ccccc2OC)n1)Oc1ncnc2sc(-c3ccc(F)cc3)c(-c3ccc(CO[Si](C)(C)C(C)(C)C)c(Cl)c3C)c12. The molecule has 21 heteroatoms. The van der Waals surface area contributed by atoms with Crippen molar-refractivity contribution < 1.29 is 50.5 Å². The second kappa shape index (κ2) is 25.5. The smallest absolute Gasteiger partial charge is 0.424 e. The van der Waals surface area contributed by atoms with Crippen LogP contribution >= 0.6 is 22.9 Å². The second-order valence-corrected chi connectivity index (χ2v) is 37.2. The number of aromatic nitrogens is 4. The highest BCUT2D eigenvalue weighted by molar-refractivity contribution is 7.89. The summed E-state index contributed by atoms with van der Waals surface area (Å²) < 4.78 is 80.7. The molecule has 0 aliphatic heterocycles. The van der Waals surface area contributed by atoms with Gasteiger partial charge in [0.25, 0.3) is 0 Å². The number of para-hydroxylation sites is 1. The molecule has 15 nitrogen and oxygen atoms in total. The van der Waals surface area contributed by atoms with Gasteiger partial charge in [-0.2, -0.15) is 4.31 Å². The number of benzene rings is 4. The van der Waals surface area contributed by atoms with Crippen molar-refractivity contribution in [2.45, 2.75) is 137 Å². The van der Waals surface area contributed by atoms with Gasteiger partial charge in [0.05, 0.1) is 49.3 Å². The number of fused-ring (bicyclic) bond motifs is 1. The molecule has 0 aliphatic rings. The van der Waals surface area contributed by atoms with Crippen LogP contribution < -0.4 is 14.2 Å². The Morgan fingerprint density at radius 3 is 2.23 bits per heavy atom. The average Bonchev–Trinajstić information content (AvgIpc) is 3.98. The molecule has 0 saturated carbocycles. The lowest BCUT2D eigenvalue weighted by Crippen LogP contribution is -2.42. The highest BCUT2D eigenvalue weighted by Crippen LogP contribution is 2.49. The number of carbonyl (C=O) groups excluding carboxylic acids is 2. The standard InChI is InChI=1S/C60H73ClFN5O10S2Si2/c1-15-73-57(68)49(76-55-51-50(53(78-56(51)65-37-64-55)40-21-24-43(62)25-22-40)45-26-23-41(52(61)38(45)2)35-75-81(13,14)60(6,7)8)33-42-32-39(34-67(58(69)77-59(3,4)5)79(70,71)30-31-80(10,11)12)20-27-47(42)74-36-44-28-29-63-54(66-44)46-18-16-17-19-48(46)72-9/h16-29,32,37,49H,15,30-31,33-36H2,1-14H3/t49-/m1/s1. The summed E-state index contributed by atoms with van der Waals surface area (Å²) in [6.07, 6.45) is 0.344. The summed E-state index contributed by atoms with van der Waals surface area (Å²) in [6.45, 7) is 25.6. The Hall–Kier alpha value is -6.30. The van der Waals surface area contributed by atoms with E-state index >= 15 is 0 Å². The first-order valence-electron chi connectivity index (χ1n) is 26.7. The first-order valence-corrected chi connectivity index (χ1v) is 36.1. The van der Waals surface area contributed by atoms with Gasteiger partial charge in [0.15, 0.2) is 14.1 Å². The Morgan fingerprint density at radius 2 is 1.57 bits per heavy atom. The van der Waals surface area contributed by atoms with E-state index in [1.165, 1.54) is 29.8 Å². The van der Waals surface area contributed by atoms with E-state index in [2.05, 4.69) is 63.5 Å². The van der Waals surface area contributed by atoms with Crippen LogP contribution in [0.5, 0.6) is 17.4 Å². The third kappa shape index (κ3) is 15.6. The quantitative estimate of drug-likeness (QED) is 0.0462. The average molecular weight is 1200 g/mol. The maximum atomic E-state index is 14.5. The molecule has 0 unspecified atom stereocenters. The fourth-order valence-corrected chi connectivity index (χ4v) is 15.0. The van der Waals surface area contributed by atoms with Crippen molar-refractivity contribution in [2.24, 2.45) is 0 Å². The van der Waals surface area contributed by atoms with E-state index in [0.717, 1.165) is 25.9 Å². The van der Waals surface area contributed by atoms with Gasteiger partial charge in [0.2, 0.25) is 22.0 Å². The molecule has 432 valence electrons. The predicted molar refractivity (Wildman–Crippen MR) is 323 cm³/mol. The third-order valence-corrected chi connectivity index (χ3v) is 23.8. The number of hydrogen-bond donors (Lipinski definition) is 0. The van der Waals surface area contributed by atoms with Gasteiger partial charge >= 0.3 is 12.1 Å². The normalized spacial score (nSPS) is 12.7. The second-order valence-electron chi connectivity index (χ2n) is 23.4. The van der Waals surface area contributed by atoms with Crippen molar-refractivity contribution in [3.05, 3.63) is 136 Å². The minimum absolute atomic E-state index is 0.00521. The Bertz CT molecular complexity index is 3510. The Kier molecular flexibility index (Phi) is 19.6. The van der Waals surface area contributed by atoms with Crippen LogP contribution in [0.1, 0.15) is 76.4 Å². The largest absolute Gasteiger partial charge is 0.496 e. The number of methoxy groups -OCH3 is 1. The van der Waals surface area contributed by atoms with Gasteiger partial charge in [0.1, 0.15) is 40.7 Å². The molecular formula is C60H73ClFN5O10S2Si2.